The molecule has 7 nitrogen and oxygen atoms in total. The lowest BCUT2D eigenvalue weighted by Crippen LogP contribution is -2.63. The Bertz CT molecular complexity index is 468. The third-order valence-electron chi connectivity index (χ3n) is 3.69. The molecule has 21 heavy (non-hydrogen) atoms. The first-order valence-electron chi connectivity index (χ1n) is 7.02. The summed E-state index contributed by atoms with van der Waals surface area (Å²) in [5, 5.41) is 18.7. The number of piperazine rings is 1. The monoisotopic (exact) mass is 298 g/mol. The summed E-state index contributed by atoms with van der Waals surface area (Å²) in [4.78, 5) is 26.5. The average molecular weight is 298 g/mol. The number of hydrogen-bond donors (Lipinski definition) is 2. The van der Waals surface area contributed by atoms with Gasteiger partial charge in [0.15, 0.2) is 0 Å². The summed E-state index contributed by atoms with van der Waals surface area (Å²) in [6.07, 6.45) is 0.911. The van der Waals surface area contributed by atoms with Gasteiger partial charge in [-0.2, -0.15) is 0 Å². The molecule has 2 atom stereocenters. The fraction of sp³-hybridized carbons (Fsp3) is 0.714. The fourth-order valence-electron chi connectivity index (χ4n) is 2.81. The number of fused-ring (bicyclic) bond motifs is 2. The van der Waals surface area contributed by atoms with Gasteiger partial charge >= 0.3 is 12.2 Å². The Morgan fingerprint density at radius 1 is 1.38 bits per heavy atom. The molecule has 2 rings (SSSR count). The number of aliphatic hydroxyl groups is 1. The molecule has 2 heterocycles. The van der Waals surface area contributed by atoms with Crippen LogP contribution in [0.15, 0.2) is 11.6 Å². The molecule has 1 saturated heterocycles. The molecule has 2 aliphatic heterocycles. The second-order valence-electron chi connectivity index (χ2n) is 6.42. The van der Waals surface area contributed by atoms with Gasteiger partial charge in [-0.25, -0.2) is 9.59 Å². The van der Waals surface area contributed by atoms with E-state index in [1.807, 2.05) is 6.08 Å². The van der Waals surface area contributed by atoms with Crippen LogP contribution in [0.3, 0.4) is 0 Å². The van der Waals surface area contributed by atoms with Gasteiger partial charge in [-0.3, -0.25) is 4.90 Å². The Kier molecular flexibility index (Phi) is 4.13. The van der Waals surface area contributed by atoms with Crippen LogP contribution in [0.4, 0.5) is 9.59 Å². The van der Waals surface area contributed by atoms with Gasteiger partial charge in [-0.1, -0.05) is 6.08 Å². The summed E-state index contributed by atoms with van der Waals surface area (Å²) >= 11 is 0. The summed E-state index contributed by atoms with van der Waals surface area (Å²) in [5.74, 6) is 0. The predicted molar refractivity (Wildman–Crippen MR) is 75.0 cm³/mol. The van der Waals surface area contributed by atoms with Crippen molar-refractivity contribution in [3.05, 3.63) is 11.6 Å². The third kappa shape index (κ3) is 3.29. The molecule has 1 fully saturated rings. The minimum absolute atomic E-state index is 0.205. The molecule has 0 aromatic rings. The molecule has 0 radical (unpaired) electrons. The minimum Gasteiger partial charge on any atom is -0.465 e. The van der Waals surface area contributed by atoms with Crippen molar-refractivity contribution in [2.75, 3.05) is 19.7 Å². The number of carboxylic acid groups (broad SMARTS) is 1. The predicted octanol–water partition coefficient (Wildman–Crippen LogP) is 1.28. The van der Waals surface area contributed by atoms with E-state index in [1.165, 1.54) is 9.80 Å². The number of nitrogens with zero attached hydrogens (tertiary/aromatic N) is 2. The fourth-order valence-corrected chi connectivity index (χ4v) is 2.81. The standard InChI is InChI=1S/C14H22N2O5/c1-14(2,3)21-13(20)15-6-10-5-4-9(8-17)11(7-15)16(10)12(18)19/h4,10-11,17H,5-8H2,1-3H3,(H,18,19). The van der Waals surface area contributed by atoms with Crippen molar-refractivity contribution in [3.8, 4) is 0 Å². The van der Waals surface area contributed by atoms with Gasteiger partial charge in [0, 0.05) is 13.1 Å². The zero-order chi connectivity index (χ0) is 15.8. The quantitative estimate of drug-likeness (QED) is 0.712. The number of amides is 2. The Morgan fingerprint density at radius 3 is 2.57 bits per heavy atom. The van der Waals surface area contributed by atoms with Crippen molar-refractivity contribution < 1.29 is 24.5 Å². The summed E-state index contributed by atoms with van der Waals surface area (Å²) in [7, 11) is 0. The molecule has 0 aromatic carbocycles. The van der Waals surface area contributed by atoms with Crippen LogP contribution in [-0.4, -0.2) is 69.6 Å². The molecule has 2 aliphatic rings. The molecule has 7 heteroatoms. The van der Waals surface area contributed by atoms with Gasteiger partial charge in [0.2, 0.25) is 0 Å². The van der Waals surface area contributed by atoms with E-state index < -0.39 is 23.8 Å². The van der Waals surface area contributed by atoms with Crippen LogP contribution in [0.5, 0.6) is 0 Å². The Hall–Kier alpha value is -1.76. The van der Waals surface area contributed by atoms with Crippen LogP contribution in [0.25, 0.3) is 0 Å². The van der Waals surface area contributed by atoms with Crippen LogP contribution in [0.1, 0.15) is 27.2 Å². The van der Waals surface area contributed by atoms with Crippen LogP contribution in [-0.2, 0) is 4.74 Å². The van der Waals surface area contributed by atoms with Crippen molar-refractivity contribution in [3.63, 3.8) is 0 Å². The third-order valence-corrected chi connectivity index (χ3v) is 3.69. The number of aliphatic hydroxyl groups excluding tert-OH is 1. The maximum atomic E-state index is 12.2. The molecule has 0 aromatic heterocycles. The maximum Gasteiger partial charge on any atom is 0.410 e. The molecule has 2 amide bonds. The van der Waals surface area contributed by atoms with Crippen molar-refractivity contribution in [1.29, 1.82) is 0 Å². The summed E-state index contributed by atoms with van der Waals surface area (Å²) < 4.78 is 5.35. The van der Waals surface area contributed by atoms with Gasteiger partial charge in [0.05, 0.1) is 18.7 Å². The zero-order valence-corrected chi connectivity index (χ0v) is 12.6. The summed E-state index contributed by atoms with van der Waals surface area (Å²) in [5.41, 5.74) is 0.0492. The molecular formula is C14H22N2O5. The highest BCUT2D eigenvalue weighted by atomic mass is 16.6. The Labute approximate surface area is 123 Å². The second-order valence-corrected chi connectivity index (χ2v) is 6.42. The number of carbonyl (C=O) groups is 2. The largest absolute Gasteiger partial charge is 0.465 e. The van der Waals surface area contributed by atoms with Crippen LogP contribution < -0.4 is 0 Å². The topological polar surface area (TPSA) is 90.3 Å². The van der Waals surface area contributed by atoms with Gasteiger partial charge in [0.1, 0.15) is 5.60 Å². The van der Waals surface area contributed by atoms with E-state index >= 15 is 0 Å². The zero-order valence-electron chi connectivity index (χ0n) is 12.6. The molecule has 0 saturated carbocycles. The molecular weight excluding hydrogens is 276 g/mol. The van der Waals surface area contributed by atoms with Gasteiger partial charge in [-0.05, 0) is 32.8 Å². The first kappa shape index (κ1) is 15.6. The normalized spacial score (nSPS) is 25.4. The highest BCUT2D eigenvalue weighted by molar-refractivity contribution is 5.71. The van der Waals surface area contributed by atoms with Gasteiger partial charge in [-0.15, -0.1) is 0 Å². The van der Waals surface area contributed by atoms with E-state index in [2.05, 4.69) is 0 Å². The van der Waals surface area contributed by atoms with Crippen molar-refractivity contribution in [2.24, 2.45) is 0 Å². The molecule has 0 aliphatic carbocycles. The van der Waals surface area contributed by atoms with Crippen molar-refractivity contribution in [1.82, 2.24) is 9.80 Å². The molecule has 118 valence electrons. The molecule has 0 spiro atoms. The van der Waals surface area contributed by atoms with Gasteiger partial charge < -0.3 is 19.8 Å². The molecule has 2 unspecified atom stereocenters. The van der Waals surface area contributed by atoms with Crippen LogP contribution >= 0.6 is 0 Å². The first-order chi connectivity index (χ1) is 9.73. The highest BCUT2D eigenvalue weighted by Crippen LogP contribution is 2.29. The van der Waals surface area contributed by atoms with E-state index in [4.69, 9.17) is 4.74 Å². The highest BCUT2D eigenvalue weighted by Gasteiger charge is 2.43. The Morgan fingerprint density at radius 2 is 2.05 bits per heavy atom. The smallest absolute Gasteiger partial charge is 0.410 e. The summed E-state index contributed by atoms with van der Waals surface area (Å²) in [6, 6.07) is -0.781. The lowest BCUT2D eigenvalue weighted by Gasteiger charge is -2.48. The maximum absolute atomic E-state index is 12.2. The lowest BCUT2D eigenvalue weighted by molar-refractivity contribution is -0.00786. The van der Waals surface area contributed by atoms with E-state index in [0.29, 0.717) is 18.5 Å². The number of hydrogen-bond acceptors (Lipinski definition) is 4. The number of ether oxygens (including phenoxy) is 1. The first-order valence-corrected chi connectivity index (χ1v) is 7.02. The molecule has 2 bridgehead atoms. The van der Waals surface area contributed by atoms with E-state index in [-0.39, 0.29) is 19.2 Å². The second kappa shape index (κ2) is 5.55. The van der Waals surface area contributed by atoms with E-state index in [0.717, 1.165) is 0 Å². The summed E-state index contributed by atoms with van der Waals surface area (Å²) in [6.45, 7) is 5.69. The van der Waals surface area contributed by atoms with E-state index in [9.17, 15) is 19.8 Å². The van der Waals surface area contributed by atoms with Crippen molar-refractivity contribution in [2.45, 2.75) is 44.9 Å². The van der Waals surface area contributed by atoms with Crippen LogP contribution in [0.2, 0.25) is 0 Å². The number of rotatable bonds is 1. The van der Waals surface area contributed by atoms with Crippen LogP contribution in [0, 0.1) is 0 Å². The average Bonchev–Trinajstić information content (AvgIpc) is 2.35. The lowest BCUT2D eigenvalue weighted by atomic mass is 9.91. The van der Waals surface area contributed by atoms with E-state index in [1.54, 1.807) is 20.8 Å². The molecule has 2 N–H and O–H groups in total. The SMILES string of the molecule is CC(C)(C)OC(=O)N1CC2CC=C(CO)C(C1)N2C(=O)O. The number of carbonyl (C=O) groups excluding carboxylic acids is 1. The minimum atomic E-state index is -1.02. The van der Waals surface area contributed by atoms with Crippen molar-refractivity contribution >= 4 is 12.2 Å². The Balaban J connectivity index is 2.18. The van der Waals surface area contributed by atoms with Gasteiger partial charge in [0.25, 0.3) is 0 Å².